The molecule has 1 amide bonds. The molecule has 13 heavy (non-hydrogen) atoms. The van der Waals surface area contributed by atoms with Crippen molar-refractivity contribution in [2.45, 2.75) is 12.5 Å². The molecule has 2 unspecified atom stereocenters. The SMILES string of the molecule is NC(=O)CNNC1=NC2C=CC1C2. The standard InChI is InChI=1S/C8H12N4O/c9-7(13)4-10-12-8-5-1-2-6(3-5)11-8/h1-2,5-6,10H,3-4H2,(H2,9,13)(H,11,12). The van der Waals surface area contributed by atoms with Gasteiger partial charge >= 0.3 is 0 Å². The number of hydrogen-bond donors (Lipinski definition) is 3. The first kappa shape index (κ1) is 8.25. The molecule has 0 aromatic heterocycles. The molecule has 0 fully saturated rings. The summed E-state index contributed by atoms with van der Waals surface area (Å²) < 4.78 is 0. The summed E-state index contributed by atoms with van der Waals surface area (Å²) in [5, 5.41) is 0. The smallest absolute Gasteiger partial charge is 0.233 e. The number of fused-ring (bicyclic) bond motifs is 2. The van der Waals surface area contributed by atoms with Crippen LogP contribution in [-0.2, 0) is 4.79 Å². The second-order valence-electron chi connectivity index (χ2n) is 3.25. The molecular weight excluding hydrogens is 168 g/mol. The van der Waals surface area contributed by atoms with E-state index in [-0.39, 0.29) is 12.5 Å². The number of rotatable bonds is 3. The number of hydrazine groups is 1. The van der Waals surface area contributed by atoms with Crippen LogP contribution in [0.2, 0.25) is 0 Å². The maximum Gasteiger partial charge on any atom is 0.233 e. The number of dihydropyridines is 1. The van der Waals surface area contributed by atoms with Crippen LogP contribution in [0.4, 0.5) is 0 Å². The van der Waals surface area contributed by atoms with Crippen molar-refractivity contribution in [1.82, 2.24) is 10.9 Å². The summed E-state index contributed by atoms with van der Waals surface area (Å²) in [5.74, 6) is 0.922. The Balaban J connectivity index is 1.78. The molecule has 0 spiro atoms. The molecule has 5 nitrogen and oxygen atoms in total. The second kappa shape index (κ2) is 3.18. The Bertz CT molecular complexity index is 284. The van der Waals surface area contributed by atoms with Crippen molar-refractivity contribution in [1.29, 1.82) is 0 Å². The van der Waals surface area contributed by atoms with E-state index in [4.69, 9.17) is 5.73 Å². The molecule has 4 N–H and O–H groups in total. The van der Waals surface area contributed by atoms with Crippen molar-refractivity contribution >= 4 is 11.7 Å². The Morgan fingerprint density at radius 2 is 2.54 bits per heavy atom. The highest BCUT2D eigenvalue weighted by molar-refractivity contribution is 5.89. The van der Waals surface area contributed by atoms with Gasteiger partial charge in [-0.3, -0.25) is 9.79 Å². The quantitative estimate of drug-likeness (QED) is 0.382. The predicted molar refractivity (Wildman–Crippen MR) is 48.8 cm³/mol. The highest BCUT2D eigenvalue weighted by atomic mass is 16.1. The summed E-state index contributed by atoms with van der Waals surface area (Å²) in [4.78, 5) is 14.8. The Hall–Kier alpha value is -1.36. The van der Waals surface area contributed by atoms with Gasteiger partial charge in [0.25, 0.3) is 0 Å². The third-order valence-corrected chi connectivity index (χ3v) is 2.20. The Morgan fingerprint density at radius 3 is 3.08 bits per heavy atom. The lowest BCUT2D eigenvalue weighted by atomic mass is 10.1. The summed E-state index contributed by atoms with van der Waals surface area (Å²) in [6.07, 6.45) is 5.29. The molecule has 0 aromatic carbocycles. The number of primary amides is 1. The molecule has 1 heterocycles. The first-order valence-electron chi connectivity index (χ1n) is 4.29. The fourth-order valence-electron chi connectivity index (χ4n) is 1.60. The fourth-order valence-corrected chi connectivity index (χ4v) is 1.60. The van der Waals surface area contributed by atoms with Crippen LogP contribution in [0.25, 0.3) is 0 Å². The van der Waals surface area contributed by atoms with E-state index in [1.165, 1.54) is 0 Å². The minimum absolute atomic E-state index is 0.125. The van der Waals surface area contributed by atoms with Crippen LogP contribution >= 0.6 is 0 Å². The molecule has 1 aliphatic heterocycles. The minimum atomic E-state index is -0.383. The maximum absolute atomic E-state index is 10.4. The zero-order valence-corrected chi connectivity index (χ0v) is 7.16. The van der Waals surface area contributed by atoms with Crippen LogP contribution in [0, 0.1) is 5.92 Å². The monoisotopic (exact) mass is 180 g/mol. The molecule has 0 saturated carbocycles. The number of hydrogen-bond acceptors (Lipinski definition) is 4. The lowest BCUT2D eigenvalue weighted by Gasteiger charge is -2.11. The minimum Gasteiger partial charge on any atom is -0.369 e. The Labute approximate surface area is 76.1 Å². The summed E-state index contributed by atoms with van der Waals surface area (Å²) in [5.41, 5.74) is 10.6. The van der Waals surface area contributed by atoms with Gasteiger partial charge in [-0.2, -0.15) is 0 Å². The second-order valence-corrected chi connectivity index (χ2v) is 3.25. The predicted octanol–water partition coefficient (Wildman–Crippen LogP) is -1.08. The first-order valence-corrected chi connectivity index (χ1v) is 4.29. The van der Waals surface area contributed by atoms with E-state index in [0.29, 0.717) is 12.0 Å². The molecule has 0 saturated heterocycles. The summed E-state index contributed by atoms with van der Waals surface area (Å²) in [6, 6.07) is 0.336. The average Bonchev–Trinajstić information content (AvgIpc) is 2.64. The van der Waals surface area contributed by atoms with Crippen LogP contribution in [-0.4, -0.2) is 24.3 Å². The molecule has 2 aliphatic rings. The molecule has 0 aromatic rings. The van der Waals surface area contributed by atoms with Gasteiger partial charge in [-0.1, -0.05) is 12.2 Å². The third kappa shape index (κ3) is 1.70. The van der Waals surface area contributed by atoms with Crippen LogP contribution in [0.3, 0.4) is 0 Å². The summed E-state index contributed by atoms with van der Waals surface area (Å²) in [6.45, 7) is 0.125. The molecule has 1 aliphatic carbocycles. The normalized spacial score (nSPS) is 29.1. The number of carbonyl (C=O) groups is 1. The van der Waals surface area contributed by atoms with Gasteiger partial charge in [-0.05, 0) is 6.42 Å². The van der Waals surface area contributed by atoms with E-state index in [0.717, 1.165) is 12.3 Å². The zero-order chi connectivity index (χ0) is 9.26. The Kier molecular flexibility index (Phi) is 2.02. The van der Waals surface area contributed by atoms with Gasteiger partial charge in [0.1, 0.15) is 5.84 Å². The van der Waals surface area contributed by atoms with E-state index < -0.39 is 0 Å². The third-order valence-electron chi connectivity index (χ3n) is 2.20. The summed E-state index contributed by atoms with van der Waals surface area (Å²) in [7, 11) is 0. The maximum atomic E-state index is 10.4. The van der Waals surface area contributed by atoms with Gasteiger partial charge in [-0.25, -0.2) is 5.43 Å². The van der Waals surface area contributed by atoms with E-state index in [9.17, 15) is 4.79 Å². The molecule has 2 bridgehead atoms. The van der Waals surface area contributed by atoms with Gasteiger partial charge in [0, 0.05) is 5.92 Å². The van der Waals surface area contributed by atoms with Crippen LogP contribution in [0.5, 0.6) is 0 Å². The molecule has 70 valence electrons. The molecular formula is C8H12N4O. The fraction of sp³-hybridized carbons (Fsp3) is 0.500. The number of nitrogens with zero attached hydrogens (tertiary/aromatic N) is 1. The summed E-state index contributed by atoms with van der Waals surface area (Å²) >= 11 is 0. The number of nitrogens with two attached hydrogens (primary N) is 1. The van der Waals surface area contributed by atoms with E-state index in [1.54, 1.807) is 0 Å². The van der Waals surface area contributed by atoms with Gasteiger partial charge < -0.3 is 11.2 Å². The number of aliphatic imine (C=N–C) groups is 1. The number of amidine groups is 1. The number of carbonyl (C=O) groups excluding carboxylic acids is 1. The van der Waals surface area contributed by atoms with E-state index in [1.807, 2.05) is 0 Å². The topological polar surface area (TPSA) is 79.5 Å². The van der Waals surface area contributed by atoms with Crippen molar-refractivity contribution in [3.8, 4) is 0 Å². The van der Waals surface area contributed by atoms with Crippen LogP contribution in [0.15, 0.2) is 17.1 Å². The average molecular weight is 180 g/mol. The lowest BCUT2D eigenvalue weighted by molar-refractivity contribution is -0.117. The Morgan fingerprint density at radius 1 is 1.69 bits per heavy atom. The molecule has 2 atom stereocenters. The van der Waals surface area contributed by atoms with E-state index >= 15 is 0 Å². The van der Waals surface area contributed by atoms with Crippen molar-refractivity contribution in [3.63, 3.8) is 0 Å². The van der Waals surface area contributed by atoms with Gasteiger partial charge in [0.05, 0.1) is 12.6 Å². The zero-order valence-electron chi connectivity index (χ0n) is 7.16. The van der Waals surface area contributed by atoms with Crippen molar-refractivity contribution in [3.05, 3.63) is 12.2 Å². The molecule has 2 rings (SSSR count). The van der Waals surface area contributed by atoms with Gasteiger partial charge in [-0.15, -0.1) is 0 Å². The van der Waals surface area contributed by atoms with E-state index in [2.05, 4.69) is 28.0 Å². The van der Waals surface area contributed by atoms with Crippen molar-refractivity contribution in [2.24, 2.45) is 16.6 Å². The molecule has 0 radical (unpaired) electrons. The number of nitrogens with one attached hydrogen (secondary N) is 2. The van der Waals surface area contributed by atoms with Crippen molar-refractivity contribution < 1.29 is 4.79 Å². The molecule has 5 heteroatoms. The van der Waals surface area contributed by atoms with Gasteiger partial charge in [0.15, 0.2) is 0 Å². The van der Waals surface area contributed by atoms with Gasteiger partial charge in [0.2, 0.25) is 5.91 Å². The highest BCUT2D eigenvalue weighted by Gasteiger charge is 2.29. The number of amides is 1. The van der Waals surface area contributed by atoms with Crippen LogP contribution < -0.4 is 16.6 Å². The largest absolute Gasteiger partial charge is 0.369 e. The lowest BCUT2D eigenvalue weighted by Crippen LogP contribution is -2.43. The van der Waals surface area contributed by atoms with Crippen molar-refractivity contribution in [2.75, 3.05) is 6.54 Å². The first-order chi connectivity index (χ1) is 6.25. The van der Waals surface area contributed by atoms with Crippen LogP contribution in [0.1, 0.15) is 6.42 Å². The highest BCUT2D eigenvalue weighted by Crippen LogP contribution is 2.27.